The molecule has 0 radical (unpaired) electrons. The number of rotatable bonds is 13. The van der Waals surface area contributed by atoms with Crippen molar-refractivity contribution in [2.75, 3.05) is 26.7 Å². The average molecular weight is 551 g/mol. The number of hydrogen-bond donors (Lipinski definition) is 2. The van der Waals surface area contributed by atoms with Crippen LogP contribution >= 0.6 is 0 Å². The molecule has 1 saturated heterocycles. The van der Waals surface area contributed by atoms with Gasteiger partial charge in [0.1, 0.15) is 6.04 Å². The third kappa shape index (κ3) is 8.91. The zero-order valence-corrected chi connectivity index (χ0v) is 24.0. The molecule has 0 bridgehead atoms. The number of esters is 1. The van der Waals surface area contributed by atoms with Gasteiger partial charge in [0.05, 0.1) is 6.04 Å². The van der Waals surface area contributed by atoms with E-state index in [1.807, 2.05) is 60.7 Å². The lowest BCUT2D eigenvalue weighted by molar-refractivity contribution is -0.159. The second-order valence-electron chi connectivity index (χ2n) is 10.4. The molecule has 3 amide bonds. The van der Waals surface area contributed by atoms with Crippen LogP contribution in [-0.4, -0.2) is 84.4 Å². The van der Waals surface area contributed by atoms with E-state index in [0.717, 1.165) is 24.0 Å². The molecule has 0 spiro atoms. The third-order valence-electron chi connectivity index (χ3n) is 7.32. The summed E-state index contributed by atoms with van der Waals surface area (Å²) in [5.41, 5.74) is 1.98. The van der Waals surface area contributed by atoms with Crippen molar-refractivity contribution < 1.29 is 23.9 Å². The number of benzene rings is 2. The van der Waals surface area contributed by atoms with Gasteiger partial charge in [-0.1, -0.05) is 60.7 Å². The first-order valence-electron chi connectivity index (χ1n) is 14.0. The van der Waals surface area contributed by atoms with Crippen LogP contribution in [0.15, 0.2) is 60.7 Å². The lowest BCUT2D eigenvalue weighted by atomic mass is 10.1. The second kappa shape index (κ2) is 15.2. The van der Waals surface area contributed by atoms with Crippen molar-refractivity contribution in [3.05, 3.63) is 71.8 Å². The van der Waals surface area contributed by atoms with Gasteiger partial charge >= 0.3 is 5.97 Å². The van der Waals surface area contributed by atoms with Crippen LogP contribution in [0.3, 0.4) is 0 Å². The van der Waals surface area contributed by atoms with Crippen LogP contribution < -0.4 is 10.6 Å². The van der Waals surface area contributed by atoms with Crippen molar-refractivity contribution in [3.8, 4) is 0 Å². The molecule has 9 heteroatoms. The minimum absolute atomic E-state index is 0.171. The highest BCUT2D eigenvalue weighted by Gasteiger charge is 2.36. The molecular formula is C31H42N4O5. The summed E-state index contributed by atoms with van der Waals surface area (Å²) >= 11 is 0. The van der Waals surface area contributed by atoms with Gasteiger partial charge in [0.25, 0.3) is 5.91 Å². The Morgan fingerprint density at radius 3 is 2.20 bits per heavy atom. The highest BCUT2D eigenvalue weighted by atomic mass is 16.5. The molecule has 2 aromatic rings. The summed E-state index contributed by atoms with van der Waals surface area (Å²) in [5, 5.41) is 5.66. The topological polar surface area (TPSA) is 108 Å². The number of ether oxygens (including phenoxy) is 1. The Balaban J connectivity index is 1.79. The van der Waals surface area contributed by atoms with Crippen molar-refractivity contribution in [1.82, 2.24) is 20.4 Å². The minimum atomic E-state index is -0.970. The zero-order valence-electron chi connectivity index (χ0n) is 24.0. The Kier molecular flexibility index (Phi) is 11.7. The van der Waals surface area contributed by atoms with Gasteiger partial charge in [-0.2, -0.15) is 0 Å². The molecule has 0 unspecified atom stereocenters. The van der Waals surface area contributed by atoms with E-state index in [1.165, 1.54) is 6.92 Å². The van der Waals surface area contributed by atoms with Gasteiger partial charge in [-0.05, 0) is 51.3 Å². The van der Waals surface area contributed by atoms with Crippen LogP contribution in [0.5, 0.6) is 0 Å². The maximum atomic E-state index is 13.9. The molecule has 1 aliphatic rings. The summed E-state index contributed by atoms with van der Waals surface area (Å²) in [6.07, 6.45) is 1.47. The Morgan fingerprint density at radius 2 is 1.60 bits per heavy atom. The van der Waals surface area contributed by atoms with E-state index in [0.29, 0.717) is 26.1 Å². The van der Waals surface area contributed by atoms with Crippen molar-refractivity contribution in [3.63, 3.8) is 0 Å². The Bertz CT molecular complexity index is 1130. The highest BCUT2D eigenvalue weighted by Crippen LogP contribution is 2.21. The summed E-state index contributed by atoms with van der Waals surface area (Å²) in [5.74, 6) is -1.21. The van der Waals surface area contributed by atoms with Crippen LogP contribution in [0.1, 0.15) is 44.7 Å². The molecule has 1 heterocycles. The van der Waals surface area contributed by atoms with E-state index in [4.69, 9.17) is 4.74 Å². The number of carbonyl (C=O) groups is 4. The summed E-state index contributed by atoms with van der Waals surface area (Å²) in [6, 6.07) is 18.0. The van der Waals surface area contributed by atoms with Gasteiger partial charge in [0.2, 0.25) is 11.8 Å². The van der Waals surface area contributed by atoms with Crippen LogP contribution in [0, 0.1) is 0 Å². The number of carbonyl (C=O) groups excluding carboxylic acids is 4. The summed E-state index contributed by atoms with van der Waals surface area (Å²) < 4.78 is 5.54. The van der Waals surface area contributed by atoms with E-state index >= 15 is 0 Å². The number of likely N-dealkylation sites (N-methyl/N-ethyl adjacent to an activating group) is 1. The monoisotopic (exact) mass is 550 g/mol. The normalized spacial score (nSPS) is 17.0. The average Bonchev–Trinajstić information content (AvgIpc) is 3.42. The first-order valence-corrected chi connectivity index (χ1v) is 14.0. The Labute approximate surface area is 237 Å². The number of likely N-dealkylation sites (tertiary alicyclic amines) is 1. The smallest absolute Gasteiger partial charge is 0.303 e. The Morgan fingerprint density at radius 1 is 0.975 bits per heavy atom. The number of nitrogens with zero attached hydrogens (tertiary/aromatic N) is 2. The molecule has 2 N–H and O–H groups in total. The quantitative estimate of drug-likeness (QED) is 0.371. The molecule has 0 saturated carbocycles. The summed E-state index contributed by atoms with van der Waals surface area (Å²) in [6.45, 7) is 6.02. The number of nitrogens with one attached hydrogen (secondary N) is 2. The molecule has 0 aliphatic carbocycles. The van der Waals surface area contributed by atoms with E-state index in [9.17, 15) is 19.2 Å². The lowest BCUT2D eigenvalue weighted by Gasteiger charge is -2.34. The SMILES string of the molecule is CN[C@@H](C)C(=O)N[C@@H](C)C(=O)N1CCC[C@H]1CN(CCc1ccccc1)C(=O)[C@@H](Cc1ccccc1)OC(C)=O. The minimum Gasteiger partial charge on any atom is -0.452 e. The van der Waals surface area contributed by atoms with Crippen molar-refractivity contribution >= 4 is 23.7 Å². The largest absolute Gasteiger partial charge is 0.452 e. The molecule has 1 aliphatic heterocycles. The van der Waals surface area contributed by atoms with Gasteiger partial charge in [0.15, 0.2) is 6.10 Å². The van der Waals surface area contributed by atoms with E-state index < -0.39 is 24.2 Å². The van der Waals surface area contributed by atoms with Crippen molar-refractivity contribution in [2.24, 2.45) is 0 Å². The molecule has 0 aromatic heterocycles. The van der Waals surface area contributed by atoms with Crippen LogP contribution in [0.25, 0.3) is 0 Å². The molecular weight excluding hydrogens is 508 g/mol. The fraction of sp³-hybridized carbons (Fsp3) is 0.484. The lowest BCUT2D eigenvalue weighted by Crippen LogP contribution is -2.54. The van der Waals surface area contributed by atoms with Gasteiger partial charge in [-0.15, -0.1) is 0 Å². The van der Waals surface area contributed by atoms with Gasteiger partial charge in [-0.25, -0.2) is 0 Å². The van der Waals surface area contributed by atoms with E-state index in [1.54, 1.807) is 30.7 Å². The predicted octanol–water partition coefficient (Wildman–Crippen LogP) is 2.34. The molecule has 1 fully saturated rings. The summed E-state index contributed by atoms with van der Waals surface area (Å²) in [4.78, 5) is 55.1. The van der Waals surface area contributed by atoms with Crippen LogP contribution in [0.4, 0.5) is 0 Å². The van der Waals surface area contributed by atoms with Crippen molar-refractivity contribution in [2.45, 2.75) is 70.7 Å². The standard InChI is InChI=1S/C31H42N4O5/c1-22(32-4)29(37)33-23(2)30(38)35-18-11-16-27(35)21-34(19-17-25-12-7-5-8-13-25)31(39)28(40-24(3)36)20-26-14-9-6-10-15-26/h5-10,12-15,22-23,27-28,32H,11,16-21H2,1-4H3,(H,33,37)/t22-,23-,27-,28+/m0/s1. The van der Waals surface area contributed by atoms with Crippen LogP contribution in [0.2, 0.25) is 0 Å². The maximum Gasteiger partial charge on any atom is 0.303 e. The van der Waals surface area contributed by atoms with E-state index in [-0.39, 0.29) is 30.2 Å². The van der Waals surface area contributed by atoms with Gasteiger partial charge in [0, 0.05) is 39.0 Å². The van der Waals surface area contributed by atoms with Crippen LogP contribution in [-0.2, 0) is 36.8 Å². The zero-order chi connectivity index (χ0) is 29.1. The fourth-order valence-corrected chi connectivity index (χ4v) is 4.96. The van der Waals surface area contributed by atoms with Gasteiger partial charge in [-0.3, -0.25) is 19.2 Å². The highest BCUT2D eigenvalue weighted by molar-refractivity contribution is 5.89. The fourth-order valence-electron chi connectivity index (χ4n) is 4.96. The number of hydrogen-bond acceptors (Lipinski definition) is 6. The molecule has 40 heavy (non-hydrogen) atoms. The maximum absolute atomic E-state index is 13.9. The first-order chi connectivity index (χ1) is 19.2. The molecule has 3 rings (SSSR count). The first kappa shape index (κ1) is 30.8. The van der Waals surface area contributed by atoms with Crippen molar-refractivity contribution in [1.29, 1.82) is 0 Å². The molecule has 2 aromatic carbocycles. The third-order valence-corrected chi connectivity index (χ3v) is 7.32. The molecule has 216 valence electrons. The molecule has 9 nitrogen and oxygen atoms in total. The Hall–Kier alpha value is -3.72. The van der Waals surface area contributed by atoms with Gasteiger partial charge < -0.3 is 25.2 Å². The number of amides is 3. The second-order valence-corrected chi connectivity index (χ2v) is 10.4. The predicted molar refractivity (Wildman–Crippen MR) is 153 cm³/mol. The molecule has 4 atom stereocenters. The summed E-state index contributed by atoms with van der Waals surface area (Å²) in [7, 11) is 1.69. The van der Waals surface area contributed by atoms with E-state index in [2.05, 4.69) is 10.6 Å².